The Labute approximate surface area is 113 Å². The van der Waals surface area contributed by atoms with Crippen LogP contribution in [-0.2, 0) is 9.59 Å². The first kappa shape index (κ1) is 15.9. The number of hydrogen-bond donors (Lipinski definition) is 3. The molecule has 19 heavy (non-hydrogen) atoms. The van der Waals surface area contributed by atoms with E-state index < -0.39 is 5.54 Å². The maximum Gasteiger partial charge on any atom is 0.223 e. The highest BCUT2D eigenvalue weighted by Gasteiger charge is 2.33. The van der Waals surface area contributed by atoms with E-state index in [9.17, 15) is 19.8 Å². The molecule has 3 N–H and O–H groups in total. The van der Waals surface area contributed by atoms with Crippen molar-refractivity contribution in [3.05, 3.63) is 0 Å². The van der Waals surface area contributed by atoms with Gasteiger partial charge in [-0.25, -0.2) is 0 Å². The van der Waals surface area contributed by atoms with Gasteiger partial charge in [0.05, 0.1) is 18.8 Å². The molecule has 110 valence electrons. The maximum atomic E-state index is 12.1. The van der Waals surface area contributed by atoms with E-state index in [1.165, 1.54) is 6.92 Å². The summed E-state index contributed by atoms with van der Waals surface area (Å²) >= 11 is 0. The van der Waals surface area contributed by atoms with Crippen molar-refractivity contribution in [1.82, 2.24) is 10.2 Å². The minimum atomic E-state index is -0.936. The zero-order valence-electron chi connectivity index (χ0n) is 11.7. The van der Waals surface area contributed by atoms with Crippen molar-refractivity contribution in [2.75, 3.05) is 26.3 Å². The summed E-state index contributed by atoms with van der Waals surface area (Å²) in [5.74, 6) is -0.264. The van der Waals surface area contributed by atoms with Gasteiger partial charge in [-0.05, 0) is 19.3 Å². The highest BCUT2D eigenvalue weighted by atomic mass is 16.3. The van der Waals surface area contributed by atoms with Crippen LogP contribution >= 0.6 is 0 Å². The van der Waals surface area contributed by atoms with Gasteiger partial charge < -0.3 is 20.4 Å². The molecule has 0 aromatic carbocycles. The van der Waals surface area contributed by atoms with Crippen molar-refractivity contribution < 1.29 is 19.8 Å². The van der Waals surface area contributed by atoms with Crippen molar-refractivity contribution in [2.24, 2.45) is 5.92 Å². The van der Waals surface area contributed by atoms with Crippen molar-refractivity contribution in [3.63, 3.8) is 0 Å². The van der Waals surface area contributed by atoms with Crippen molar-refractivity contribution in [2.45, 2.75) is 38.6 Å². The minimum Gasteiger partial charge on any atom is -0.394 e. The monoisotopic (exact) mass is 272 g/mol. The fourth-order valence-corrected chi connectivity index (χ4v) is 2.26. The number of rotatable bonds is 5. The van der Waals surface area contributed by atoms with Gasteiger partial charge in [0.2, 0.25) is 11.8 Å². The number of amides is 2. The van der Waals surface area contributed by atoms with Crippen molar-refractivity contribution in [3.8, 4) is 0 Å². The van der Waals surface area contributed by atoms with E-state index in [1.807, 2.05) is 6.92 Å². The predicted octanol–water partition coefficient (Wildman–Crippen LogP) is -0.505. The SMILES string of the molecule is CCC(CO)(CO)NC(=O)C1CCN(C(C)=O)CC1. The molecule has 0 atom stereocenters. The summed E-state index contributed by atoms with van der Waals surface area (Å²) in [4.78, 5) is 25.1. The number of carbonyl (C=O) groups is 2. The molecule has 0 saturated carbocycles. The molecule has 6 nitrogen and oxygen atoms in total. The summed E-state index contributed by atoms with van der Waals surface area (Å²) in [5.41, 5.74) is -0.936. The van der Waals surface area contributed by atoms with E-state index in [0.717, 1.165) is 0 Å². The number of piperidine rings is 1. The highest BCUT2D eigenvalue weighted by molar-refractivity contribution is 5.80. The third-order valence-corrected chi connectivity index (χ3v) is 3.98. The molecule has 0 bridgehead atoms. The van der Waals surface area contributed by atoms with Crippen LogP contribution < -0.4 is 5.32 Å². The number of nitrogens with one attached hydrogen (secondary N) is 1. The largest absolute Gasteiger partial charge is 0.394 e. The van der Waals surface area contributed by atoms with Gasteiger partial charge in [-0.2, -0.15) is 0 Å². The Hall–Kier alpha value is -1.14. The molecule has 1 aliphatic heterocycles. The van der Waals surface area contributed by atoms with E-state index in [2.05, 4.69) is 5.32 Å². The molecular formula is C13H24N2O4. The average Bonchev–Trinajstić information content (AvgIpc) is 2.45. The van der Waals surface area contributed by atoms with Gasteiger partial charge in [0.25, 0.3) is 0 Å². The lowest BCUT2D eigenvalue weighted by molar-refractivity contribution is -0.135. The Bertz CT molecular complexity index is 312. The molecule has 6 heteroatoms. The molecule has 0 aromatic rings. The smallest absolute Gasteiger partial charge is 0.223 e. The predicted molar refractivity (Wildman–Crippen MR) is 70.3 cm³/mol. The van der Waals surface area contributed by atoms with Gasteiger partial charge in [-0.1, -0.05) is 6.92 Å². The Morgan fingerprint density at radius 1 is 1.26 bits per heavy atom. The third-order valence-electron chi connectivity index (χ3n) is 3.98. The fraction of sp³-hybridized carbons (Fsp3) is 0.846. The number of likely N-dealkylation sites (tertiary alicyclic amines) is 1. The first-order valence-corrected chi connectivity index (χ1v) is 6.77. The van der Waals surface area contributed by atoms with Crippen LogP contribution in [0.25, 0.3) is 0 Å². The van der Waals surface area contributed by atoms with Crippen LogP contribution in [-0.4, -0.2) is 58.8 Å². The zero-order chi connectivity index (χ0) is 14.5. The number of hydrogen-bond acceptors (Lipinski definition) is 4. The van der Waals surface area contributed by atoms with Crippen LogP contribution in [0.15, 0.2) is 0 Å². The van der Waals surface area contributed by atoms with Gasteiger partial charge in [-0.3, -0.25) is 9.59 Å². The quantitative estimate of drug-likeness (QED) is 0.629. The molecule has 1 heterocycles. The Balaban J connectivity index is 2.53. The molecular weight excluding hydrogens is 248 g/mol. The van der Waals surface area contributed by atoms with Gasteiger partial charge in [0.15, 0.2) is 0 Å². The average molecular weight is 272 g/mol. The minimum absolute atomic E-state index is 0.0347. The zero-order valence-corrected chi connectivity index (χ0v) is 11.7. The molecule has 1 fully saturated rings. The third kappa shape index (κ3) is 3.91. The Morgan fingerprint density at radius 2 is 1.79 bits per heavy atom. The molecule has 1 saturated heterocycles. The van der Waals surface area contributed by atoms with Crippen LogP contribution in [0.4, 0.5) is 0 Å². The van der Waals surface area contributed by atoms with Crippen LogP contribution in [0.1, 0.15) is 33.1 Å². The molecule has 1 aliphatic rings. The highest BCUT2D eigenvalue weighted by Crippen LogP contribution is 2.19. The molecule has 0 aromatic heterocycles. The normalized spacial score (nSPS) is 17.4. The van der Waals surface area contributed by atoms with E-state index in [1.54, 1.807) is 4.90 Å². The van der Waals surface area contributed by atoms with E-state index in [-0.39, 0.29) is 30.9 Å². The number of carbonyl (C=O) groups excluding carboxylic acids is 2. The van der Waals surface area contributed by atoms with Crippen LogP contribution in [0, 0.1) is 5.92 Å². The number of nitrogens with zero attached hydrogens (tertiary/aromatic N) is 1. The van der Waals surface area contributed by atoms with Gasteiger partial charge in [-0.15, -0.1) is 0 Å². The van der Waals surface area contributed by atoms with E-state index >= 15 is 0 Å². The number of aliphatic hydroxyl groups excluding tert-OH is 2. The lowest BCUT2D eigenvalue weighted by atomic mass is 9.92. The number of aliphatic hydroxyl groups is 2. The summed E-state index contributed by atoms with van der Waals surface area (Å²) in [7, 11) is 0. The van der Waals surface area contributed by atoms with E-state index in [4.69, 9.17) is 0 Å². The molecule has 0 radical (unpaired) electrons. The molecule has 0 spiro atoms. The Morgan fingerprint density at radius 3 is 2.16 bits per heavy atom. The molecule has 1 rings (SSSR count). The lowest BCUT2D eigenvalue weighted by Gasteiger charge is -2.35. The van der Waals surface area contributed by atoms with Gasteiger partial charge in [0, 0.05) is 25.9 Å². The maximum absolute atomic E-state index is 12.1. The fourth-order valence-electron chi connectivity index (χ4n) is 2.26. The Kier molecular flexibility index (Phi) is 5.75. The first-order chi connectivity index (χ1) is 8.98. The topological polar surface area (TPSA) is 89.9 Å². The summed E-state index contributed by atoms with van der Waals surface area (Å²) in [6, 6.07) is 0. The summed E-state index contributed by atoms with van der Waals surface area (Å²) in [6.07, 6.45) is 1.72. The lowest BCUT2D eigenvalue weighted by Crippen LogP contribution is -2.56. The summed E-state index contributed by atoms with van der Waals surface area (Å²) in [6.45, 7) is 3.96. The van der Waals surface area contributed by atoms with E-state index in [0.29, 0.717) is 32.4 Å². The van der Waals surface area contributed by atoms with Crippen LogP contribution in [0.2, 0.25) is 0 Å². The standard InChI is InChI=1S/C13H24N2O4/c1-3-13(8-16,9-17)14-12(19)11-4-6-15(7-5-11)10(2)18/h11,16-17H,3-9H2,1-2H3,(H,14,19). The molecule has 0 unspecified atom stereocenters. The second-order valence-electron chi connectivity index (χ2n) is 5.22. The van der Waals surface area contributed by atoms with Crippen molar-refractivity contribution in [1.29, 1.82) is 0 Å². The second kappa shape index (κ2) is 6.86. The summed E-state index contributed by atoms with van der Waals surface area (Å²) in [5, 5.41) is 21.4. The van der Waals surface area contributed by atoms with Gasteiger partial charge >= 0.3 is 0 Å². The van der Waals surface area contributed by atoms with Crippen LogP contribution in [0.3, 0.4) is 0 Å². The first-order valence-electron chi connectivity index (χ1n) is 6.77. The molecule has 0 aliphatic carbocycles. The van der Waals surface area contributed by atoms with Crippen LogP contribution in [0.5, 0.6) is 0 Å². The van der Waals surface area contributed by atoms with Gasteiger partial charge in [0.1, 0.15) is 0 Å². The van der Waals surface area contributed by atoms with Crippen molar-refractivity contribution >= 4 is 11.8 Å². The second-order valence-corrected chi connectivity index (χ2v) is 5.22. The summed E-state index contributed by atoms with van der Waals surface area (Å²) < 4.78 is 0. The molecule has 2 amide bonds.